The zero-order valence-corrected chi connectivity index (χ0v) is 19.9. The number of ether oxygens (including phenoxy) is 3. The lowest BCUT2D eigenvalue weighted by Gasteiger charge is -2.11. The van der Waals surface area contributed by atoms with Gasteiger partial charge >= 0.3 is 5.97 Å². The highest BCUT2D eigenvalue weighted by molar-refractivity contribution is 7.16. The van der Waals surface area contributed by atoms with Crippen molar-refractivity contribution in [1.29, 1.82) is 0 Å². The van der Waals surface area contributed by atoms with Crippen molar-refractivity contribution in [2.45, 2.75) is 41.2 Å². The van der Waals surface area contributed by atoms with Crippen LogP contribution >= 0.6 is 11.3 Å². The Balaban J connectivity index is 2.10. The SMILES string of the molecule is CCOC(=O)Cn1c(=NC(=O)c2ccc(OCC)c(OCC)c2)sc2c(C)cc(C)cc21. The molecule has 0 aliphatic carbocycles. The fourth-order valence-corrected chi connectivity index (χ4v) is 4.50. The Morgan fingerprint density at radius 1 is 0.969 bits per heavy atom. The van der Waals surface area contributed by atoms with Gasteiger partial charge in [0.15, 0.2) is 16.3 Å². The van der Waals surface area contributed by atoms with Gasteiger partial charge in [-0.05, 0) is 70.0 Å². The monoisotopic (exact) mass is 456 g/mol. The Labute approximate surface area is 191 Å². The lowest BCUT2D eigenvalue weighted by molar-refractivity contribution is -0.143. The zero-order chi connectivity index (χ0) is 23.3. The van der Waals surface area contributed by atoms with E-state index in [9.17, 15) is 9.59 Å². The van der Waals surface area contributed by atoms with Crippen molar-refractivity contribution >= 4 is 33.4 Å². The molecule has 3 rings (SSSR count). The molecule has 0 N–H and O–H groups in total. The Bertz CT molecular complexity index is 1210. The van der Waals surface area contributed by atoms with E-state index in [1.165, 1.54) is 11.3 Å². The van der Waals surface area contributed by atoms with E-state index in [1.54, 1.807) is 29.7 Å². The first-order chi connectivity index (χ1) is 15.4. The summed E-state index contributed by atoms with van der Waals surface area (Å²) < 4.78 is 19.1. The van der Waals surface area contributed by atoms with Crippen LogP contribution in [0, 0.1) is 13.8 Å². The van der Waals surface area contributed by atoms with E-state index >= 15 is 0 Å². The number of carbonyl (C=O) groups excluding carboxylic acids is 2. The average Bonchev–Trinajstić information content (AvgIpc) is 3.07. The topological polar surface area (TPSA) is 79.1 Å². The van der Waals surface area contributed by atoms with Crippen molar-refractivity contribution in [3.05, 3.63) is 51.8 Å². The number of nitrogens with zero attached hydrogens (tertiary/aromatic N) is 2. The van der Waals surface area contributed by atoms with Crippen LogP contribution in [-0.4, -0.2) is 36.3 Å². The summed E-state index contributed by atoms with van der Waals surface area (Å²) in [5.41, 5.74) is 3.37. The van der Waals surface area contributed by atoms with Gasteiger partial charge in [0.05, 0.1) is 30.0 Å². The molecule has 8 heteroatoms. The first-order valence-electron chi connectivity index (χ1n) is 10.6. The normalized spacial score (nSPS) is 11.6. The van der Waals surface area contributed by atoms with Gasteiger partial charge in [-0.3, -0.25) is 9.59 Å². The number of rotatable bonds is 8. The number of amides is 1. The van der Waals surface area contributed by atoms with Gasteiger partial charge in [0.2, 0.25) is 0 Å². The Kier molecular flexibility index (Phi) is 7.69. The van der Waals surface area contributed by atoms with Gasteiger partial charge in [0, 0.05) is 5.56 Å². The van der Waals surface area contributed by atoms with Crippen molar-refractivity contribution in [3.63, 3.8) is 0 Å². The molecule has 1 amide bonds. The highest BCUT2D eigenvalue weighted by atomic mass is 32.1. The van der Waals surface area contributed by atoms with Crippen molar-refractivity contribution in [2.75, 3.05) is 19.8 Å². The summed E-state index contributed by atoms with van der Waals surface area (Å²) in [4.78, 5) is 30.1. The van der Waals surface area contributed by atoms with Crippen molar-refractivity contribution in [1.82, 2.24) is 4.57 Å². The fourth-order valence-electron chi connectivity index (χ4n) is 3.42. The summed E-state index contributed by atoms with van der Waals surface area (Å²) in [6.07, 6.45) is 0. The van der Waals surface area contributed by atoms with E-state index in [4.69, 9.17) is 14.2 Å². The molecule has 0 aliphatic rings. The molecule has 2 aromatic carbocycles. The third kappa shape index (κ3) is 5.19. The van der Waals surface area contributed by atoms with Crippen molar-refractivity contribution < 1.29 is 23.8 Å². The number of esters is 1. The van der Waals surface area contributed by atoms with E-state index in [0.29, 0.717) is 35.1 Å². The lowest BCUT2D eigenvalue weighted by Crippen LogP contribution is -2.23. The quantitative estimate of drug-likeness (QED) is 0.469. The van der Waals surface area contributed by atoms with Crippen LogP contribution in [0.4, 0.5) is 0 Å². The Morgan fingerprint density at radius 2 is 1.69 bits per heavy atom. The van der Waals surface area contributed by atoms with Gasteiger partial charge < -0.3 is 18.8 Å². The largest absolute Gasteiger partial charge is 0.490 e. The minimum absolute atomic E-state index is 0.0175. The molecular formula is C24H28N2O5S. The zero-order valence-electron chi connectivity index (χ0n) is 19.1. The number of fused-ring (bicyclic) bond motifs is 1. The van der Waals surface area contributed by atoms with Gasteiger partial charge in [-0.1, -0.05) is 17.4 Å². The summed E-state index contributed by atoms with van der Waals surface area (Å²) in [5.74, 6) is 0.279. The molecule has 170 valence electrons. The number of aromatic nitrogens is 1. The van der Waals surface area contributed by atoms with Gasteiger partial charge in [-0.15, -0.1) is 0 Å². The molecule has 0 saturated heterocycles. The number of hydrogen-bond acceptors (Lipinski definition) is 6. The van der Waals surface area contributed by atoms with Gasteiger partial charge in [0.1, 0.15) is 6.54 Å². The van der Waals surface area contributed by atoms with Crippen LogP contribution in [0.2, 0.25) is 0 Å². The first kappa shape index (κ1) is 23.5. The molecule has 0 unspecified atom stereocenters. The molecule has 0 spiro atoms. The van der Waals surface area contributed by atoms with Crippen LogP contribution in [0.3, 0.4) is 0 Å². The van der Waals surface area contributed by atoms with Crippen molar-refractivity contribution in [3.8, 4) is 11.5 Å². The molecule has 1 heterocycles. The Hall–Kier alpha value is -3.13. The maximum Gasteiger partial charge on any atom is 0.326 e. The first-order valence-corrected chi connectivity index (χ1v) is 11.4. The van der Waals surface area contributed by atoms with E-state index in [1.807, 2.05) is 33.8 Å². The highest BCUT2D eigenvalue weighted by Gasteiger charge is 2.16. The van der Waals surface area contributed by atoms with E-state index in [0.717, 1.165) is 21.3 Å². The minimum atomic E-state index is -0.424. The second kappa shape index (κ2) is 10.5. The van der Waals surface area contributed by atoms with Crippen LogP contribution in [0.25, 0.3) is 10.2 Å². The summed E-state index contributed by atoms with van der Waals surface area (Å²) in [6, 6.07) is 9.07. The molecule has 7 nitrogen and oxygen atoms in total. The third-order valence-electron chi connectivity index (χ3n) is 4.69. The van der Waals surface area contributed by atoms with E-state index in [2.05, 4.69) is 11.1 Å². The molecule has 0 bridgehead atoms. The van der Waals surface area contributed by atoms with Crippen LogP contribution in [0.5, 0.6) is 11.5 Å². The van der Waals surface area contributed by atoms with Crippen LogP contribution in [0.1, 0.15) is 42.3 Å². The van der Waals surface area contributed by atoms with Crippen LogP contribution in [-0.2, 0) is 16.1 Å². The second-order valence-corrected chi connectivity index (χ2v) is 8.13. The summed E-state index contributed by atoms with van der Waals surface area (Å²) >= 11 is 1.38. The third-order valence-corrected chi connectivity index (χ3v) is 5.92. The van der Waals surface area contributed by atoms with E-state index < -0.39 is 5.91 Å². The minimum Gasteiger partial charge on any atom is -0.490 e. The van der Waals surface area contributed by atoms with Crippen molar-refractivity contribution in [2.24, 2.45) is 4.99 Å². The highest BCUT2D eigenvalue weighted by Crippen LogP contribution is 2.29. The predicted molar refractivity (Wildman–Crippen MR) is 125 cm³/mol. The standard InChI is InChI=1S/C24H28N2O5S/c1-6-29-19-10-9-17(13-20(19)30-7-2)23(28)25-24-26(14-21(27)31-8-3)18-12-15(4)11-16(5)22(18)32-24/h9-13H,6-8,14H2,1-5H3. The molecule has 0 fully saturated rings. The molecule has 32 heavy (non-hydrogen) atoms. The summed E-state index contributed by atoms with van der Waals surface area (Å²) in [7, 11) is 0. The number of hydrogen-bond donors (Lipinski definition) is 0. The molecule has 1 aromatic heterocycles. The molecular weight excluding hydrogens is 428 g/mol. The maximum absolute atomic E-state index is 13.0. The van der Waals surface area contributed by atoms with Crippen LogP contribution in [0.15, 0.2) is 35.3 Å². The number of thiazole rings is 1. The summed E-state index contributed by atoms with van der Waals surface area (Å²) in [5, 5.41) is 0. The van der Waals surface area contributed by atoms with E-state index in [-0.39, 0.29) is 19.1 Å². The number of benzene rings is 2. The number of carbonyl (C=O) groups is 2. The van der Waals surface area contributed by atoms with Crippen LogP contribution < -0.4 is 14.3 Å². The maximum atomic E-state index is 13.0. The smallest absolute Gasteiger partial charge is 0.326 e. The van der Waals surface area contributed by atoms with Gasteiger partial charge in [0.25, 0.3) is 5.91 Å². The lowest BCUT2D eigenvalue weighted by atomic mass is 10.1. The predicted octanol–water partition coefficient (Wildman–Crippen LogP) is 4.42. The second-order valence-electron chi connectivity index (χ2n) is 7.15. The fraction of sp³-hybridized carbons (Fsp3) is 0.375. The summed E-state index contributed by atoms with van der Waals surface area (Å²) in [6.45, 7) is 10.7. The molecule has 0 radical (unpaired) electrons. The Morgan fingerprint density at radius 3 is 2.38 bits per heavy atom. The molecule has 0 saturated carbocycles. The molecule has 3 aromatic rings. The average molecular weight is 457 g/mol. The van der Waals surface area contributed by atoms with Gasteiger partial charge in [-0.2, -0.15) is 4.99 Å². The molecule has 0 aliphatic heterocycles. The number of aryl methyl sites for hydroxylation is 2. The van der Waals surface area contributed by atoms with Gasteiger partial charge in [-0.25, -0.2) is 0 Å². The molecule has 0 atom stereocenters.